The van der Waals surface area contributed by atoms with Gasteiger partial charge in [0.05, 0.1) is 22.0 Å². The molecule has 9 heteroatoms. The van der Waals surface area contributed by atoms with Crippen molar-refractivity contribution in [2.24, 2.45) is 7.05 Å². The van der Waals surface area contributed by atoms with Crippen LogP contribution in [0, 0.1) is 20.8 Å². The molecule has 160 valence electrons. The Hall–Kier alpha value is -3.85. The molecule has 1 aromatic carbocycles. The number of nitrogens with one attached hydrogen (secondary N) is 1. The van der Waals surface area contributed by atoms with E-state index in [1.807, 2.05) is 51.1 Å². The molecule has 0 bridgehead atoms. The van der Waals surface area contributed by atoms with Crippen LogP contribution in [0.2, 0.25) is 0 Å². The van der Waals surface area contributed by atoms with Crippen molar-refractivity contribution in [1.29, 1.82) is 0 Å². The van der Waals surface area contributed by atoms with Crippen LogP contribution in [0.1, 0.15) is 26.6 Å². The third-order valence-electron chi connectivity index (χ3n) is 5.41. The van der Waals surface area contributed by atoms with Crippen molar-refractivity contribution in [3.05, 3.63) is 74.9 Å². The van der Waals surface area contributed by atoms with Gasteiger partial charge in [0.2, 0.25) is 0 Å². The van der Waals surface area contributed by atoms with Crippen LogP contribution < -0.4 is 11.0 Å². The van der Waals surface area contributed by atoms with Crippen LogP contribution in [0.4, 0.5) is 0 Å². The lowest BCUT2D eigenvalue weighted by atomic mass is 10.0. The first-order chi connectivity index (χ1) is 15.3. The Labute approximate surface area is 187 Å². The third-order valence-corrected chi connectivity index (χ3v) is 6.43. The fourth-order valence-electron chi connectivity index (χ4n) is 4.05. The van der Waals surface area contributed by atoms with Crippen LogP contribution in [0.3, 0.4) is 0 Å². The van der Waals surface area contributed by atoms with Crippen LogP contribution in [0.5, 0.6) is 0 Å². The van der Waals surface area contributed by atoms with Crippen LogP contribution in [0.25, 0.3) is 32.4 Å². The highest BCUT2D eigenvalue weighted by Gasteiger charge is 2.20. The molecule has 0 fully saturated rings. The van der Waals surface area contributed by atoms with Crippen molar-refractivity contribution < 1.29 is 4.79 Å². The van der Waals surface area contributed by atoms with Crippen molar-refractivity contribution in [3.8, 4) is 11.1 Å². The lowest BCUT2D eigenvalue weighted by Gasteiger charge is -2.10. The number of hydrogen-bond acceptors (Lipinski definition) is 6. The molecule has 32 heavy (non-hydrogen) atoms. The molecular weight excluding hydrogens is 424 g/mol. The van der Waals surface area contributed by atoms with Crippen LogP contribution in [0.15, 0.2) is 47.5 Å². The van der Waals surface area contributed by atoms with Gasteiger partial charge >= 0.3 is 0 Å². The van der Waals surface area contributed by atoms with Crippen molar-refractivity contribution in [3.63, 3.8) is 0 Å². The second kappa shape index (κ2) is 7.38. The molecule has 1 amide bonds. The van der Waals surface area contributed by atoms with Gasteiger partial charge in [-0.15, -0.1) is 11.3 Å². The van der Waals surface area contributed by atoms with Crippen molar-refractivity contribution in [2.75, 3.05) is 5.43 Å². The summed E-state index contributed by atoms with van der Waals surface area (Å²) >= 11 is 1.46. The predicted molar refractivity (Wildman–Crippen MR) is 126 cm³/mol. The number of aromatic nitrogens is 5. The number of carbonyl (C=O) groups is 1. The second-order valence-corrected chi connectivity index (χ2v) is 8.86. The van der Waals surface area contributed by atoms with Gasteiger partial charge in [0, 0.05) is 23.2 Å². The molecule has 4 heterocycles. The van der Waals surface area contributed by atoms with Crippen LogP contribution in [-0.2, 0) is 7.05 Å². The van der Waals surface area contributed by atoms with E-state index in [-0.39, 0.29) is 5.56 Å². The van der Waals surface area contributed by atoms with Gasteiger partial charge < -0.3 is 0 Å². The number of amides is 1. The topological polar surface area (TPSA) is 94.7 Å². The van der Waals surface area contributed by atoms with Gasteiger partial charge in [0.25, 0.3) is 11.5 Å². The summed E-state index contributed by atoms with van der Waals surface area (Å²) in [5.41, 5.74) is 6.58. The van der Waals surface area contributed by atoms with E-state index in [0.717, 1.165) is 20.7 Å². The van der Waals surface area contributed by atoms with Gasteiger partial charge in [-0.1, -0.05) is 30.3 Å². The Balaban J connectivity index is 1.63. The van der Waals surface area contributed by atoms with E-state index >= 15 is 0 Å². The number of thiophene rings is 1. The van der Waals surface area contributed by atoms with Gasteiger partial charge in [-0.25, -0.2) is 14.6 Å². The van der Waals surface area contributed by atoms with E-state index < -0.39 is 5.91 Å². The zero-order valence-electron chi connectivity index (χ0n) is 18.0. The number of fused-ring (bicyclic) bond motifs is 2. The fourth-order valence-corrected chi connectivity index (χ4v) is 5.06. The summed E-state index contributed by atoms with van der Waals surface area (Å²) in [6.45, 7) is 5.62. The first kappa shape index (κ1) is 20.1. The second-order valence-electron chi connectivity index (χ2n) is 7.66. The van der Waals surface area contributed by atoms with Gasteiger partial charge in [0.1, 0.15) is 11.2 Å². The van der Waals surface area contributed by atoms with Crippen molar-refractivity contribution in [2.45, 2.75) is 20.8 Å². The molecule has 0 unspecified atom stereocenters. The van der Waals surface area contributed by atoms with Gasteiger partial charge in [-0.3, -0.25) is 19.7 Å². The maximum atomic E-state index is 13.4. The number of benzene rings is 1. The molecule has 0 aliphatic rings. The number of hydrogen-bond donors (Lipinski definition) is 1. The molecule has 5 rings (SSSR count). The summed E-state index contributed by atoms with van der Waals surface area (Å²) in [5, 5.41) is 5.54. The van der Waals surface area contributed by atoms with Gasteiger partial charge in [-0.05, 0) is 32.4 Å². The molecule has 4 aromatic heterocycles. The first-order valence-corrected chi connectivity index (χ1v) is 10.8. The van der Waals surface area contributed by atoms with Gasteiger partial charge in [0.15, 0.2) is 5.65 Å². The van der Waals surface area contributed by atoms with Crippen LogP contribution in [-0.4, -0.2) is 30.3 Å². The summed E-state index contributed by atoms with van der Waals surface area (Å²) in [4.78, 5) is 37.2. The summed E-state index contributed by atoms with van der Waals surface area (Å²) in [7, 11) is 1.79. The molecule has 0 saturated carbocycles. The van der Waals surface area contributed by atoms with E-state index in [2.05, 4.69) is 20.5 Å². The molecule has 0 spiro atoms. The predicted octanol–water partition coefficient (Wildman–Crippen LogP) is 3.72. The minimum absolute atomic E-state index is 0.323. The number of pyridine rings is 1. The summed E-state index contributed by atoms with van der Waals surface area (Å²) in [6, 6.07) is 11.4. The monoisotopic (exact) mass is 444 g/mol. The van der Waals surface area contributed by atoms with E-state index in [1.165, 1.54) is 17.7 Å². The standard InChI is InChI=1S/C23H20N6O2S/c1-12-10-16(17-13(2)26-28(4)20(17)25-12)21(30)27-29-11-24-22-19(23(29)31)18(14(3)32-22)15-8-6-5-7-9-15/h5-11H,1-4H3,(H,27,30). The normalized spacial score (nSPS) is 11.4. The van der Waals surface area contributed by atoms with E-state index in [0.29, 0.717) is 38.2 Å². The summed E-state index contributed by atoms with van der Waals surface area (Å²) < 4.78 is 2.80. The highest BCUT2D eigenvalue weighted by atomic mass is 32.1. The SMILES string of the molecule is Cc1cc(C(=O)Nn2cnc3sc(C)c(-c4ccccc4)c3c2=O)c2c(C)nn(C)c2n1. The molecule has 5 aromatic rings. The van der Waals surface area contributed by atoms with Gasteiger partial charge in [-0.2, -0.15) is 5.10 Å². The highest BCUT2D eigenvalue weighted by molar-refractivity contribution is 7.19. The van der Waals surface area contributed by atoms with E-state index in [4.69, 9.17) is 0 Å². The lowest BCUT2D eigenvalue weighted by molar-refractivity contribution is 0.101. The largest absolute Gasteiger partial charge is 0.281 e. The molecule has 8 nitrogen and oxygen atoms in total. The molecule has 1 N–H and O–H groups in total. The number of rotatable bonds is 3. The average Bonchev–Trinajstić information content (AvgIpc) is 3.26. The highest BCUT2D eigenvalue weighted by Crippen LogP contribution is 2.35. The quantitative estimate of drug-likeness (QED) is 0.458. The number of carbonyl (C=O) groups excluding carboxylic acids is 1. The van der Waals surface area contributed by atoms with E-state index in [9.17, 15) is 9.59 Å². The smallest absolute Gasteiger partial charge is 0.267 e. The lowest BCUT2D eigenvalue weighted by Crippen LogP contribution is -2.33. The Morgan fingerprint density at radius 3 is 2.59 bits per heavy atom. The van der Waals surface area contributed by atoms with Crippen molar-refractivity contribution in [1.82, 2.24) is 24.4 Å². The number of aryl methyl sites for hydroxylation is 4. The Morgan fingerprint density at radius 2 is 1.84 bits per heavy atom. The molecular formula is C23H20N6O2S. The molecule has 0 atom stereocenters. The van der Waals surface area contributed by atoms with Crippen molar-refractivity contribution >= 4 is 38.5 Å². The minimum atomic E-state index is -0.423. The Kier molecular flexibility index (Phi) is 4.63. The maximum Gasteiger partial charge on any atom is 0.281 e. The third kappa shape index (κ3) is 3.09. The Bertz CT molecular complexity index is 1580. The number of nitrogens with zero attached hydrogens (tertiary/aromatic N) is 5. The first-order valence-electron chi connectivity index (χ1n) is 10.0. The average molecular weight is 445 g/mol. The van der Waals surface area contributed by atoms with Crippen LogP contribution >= 0.6 is 11.3 Å². The maximum absolute atomic E-state index is 13.4. The molecule has 0 aliphatic heterocycles. The Morgan fingerprint density at radius 1 is 1.09 bits per heavy atom. The fraction of sp³-hybridized carbons (Fsp3) is 0.174. The molecule has 0 saturated heterocycles. The molecule has 0 radical (unpaired) electrons. The summed E-state index contributed by atoms with van der Waals surface area (Å²) in [5.74, 6) is -0.423. The molecule has 0 aliphatic carbocycles. The summed E-state index contributed by atoms with van der Waals surface area (Å²) in [6.07, 6.45) is 1.36. The zero-order chi connectivity index (χ0) is 22.6. The minimum Gasteiger partial charge on any atom is -0.267 e. The van der Waals surface area contributed by atoms with E-state index in [1.54, 1.807) is 17.8 Å². The zero-order valence-corrected chi connectivity index (χ0v) is 18.8.